The largest absolute Gasteiger partial charge is 0.296 e. The lowest BCUT2D eigenvalue weighted by atomic mass is 10.1. The van der Waals surface area contributed by atoms with Crippen molar-refractivity contribution in [3.8, 4) is 5.69 Å². The third-order valence-corrected chi connectivity index (χ3v) is 4.48. The van der Waals surface area contributed by atoms with E-state index in [1.54, 1.807) is 6.20 Å². The molecule has 0 N–H and O–H groups in total. The Bertz CT molecular complexity index is 620. The molecular weight excluding hydrogens is 286 g/mol. The van der Waals surface area contributed by atoms with E-state index in [0.29, 0.717) is 12.0 Å². The van der Waals surface area contributed by atoms with Crippen molar-refractivity contribution < 1.29 is 0 Å². The molecule has 1 fully saturated rings. The zero-order valence-corrected chi connectivity index (χ0v) is 14.4. The first-order valence-electron chi connectivity index (χ1n) is 8.71. The van der Waals surface area contributed by atoms with Crippen LogP contribution in [0.3, 0.4) is 0 Å². The average molecular weight is 313 g/mol. The molecule has 0 spiro atoms. The summed E-state index contributed by atoms with van der Waals surface area (Å²) in [6, 6.07) is 4.35. The molecule has 124 valence electrons. The highest BCUT2D eigenvalue weighted by atomic mass is 15.4. The Labute approximate surface area is 138 Å². The summed E-state index contributed by atoms with van der Waals surface area (Å²) in [5.74, 6) is 2.56. The fraction of sp³-hybridized carbons (Fsp3) is 0.611. The molecule has 5 nitrogen and oxygen atoms in total. The van der Waals surface area contributed by atoms with Gasteiger partial charge in [-0.25, -0.2) is 9.67 Å². The zero-order chi connectivity index (χ0) is 16.2. The van der Waals surface area contributed by atoms with Gasteiger partial charge >= 0.3 is 0 Å². The summed E-state index contributed by atoms with van der Waals surface area (Å²) in [6.07, 6.45) is 9.57. The van der Waals surface area contributed by atoms with Crippen LogP contribution in [-0.4, -0.2) is 38.2 Å². The number of hydrogen-bond acceptors (Lipinski definition) is 4. The molecule has 1 saturated heterocycles. The Balaban J connectivity index is 2.01. The van der Waals surface area contributed by atoms with Gasteiger partial charge in [0, 0.05) is 12.6 Å². The van der Waals surface area contributed by atoms with Crippen LogP contribution >= 0.6 is 0 Å². The molecule has 0 saturated carbocycles. The van der Waals surface area contributed by atoms with Gasteiger partial charge in [0.15, 0.2) is 5.82 Å². The van der Waals surface area contributed by atoms with E-state index in [4.69, 9.17) is 10.1 Å². The van der Waals surface area contributed by atoms with Gasteiger partial charge in [0.1, 0.15) is 5.82 Å². The van der Waals surface area contributed by atoms with E-state index in [0.717, 1.165) is 36.7 Å². The molecule has 3 heterocycles. The van der Waals surface area contributed by atoms with Gasteiger partial charge in [-0.05, 0) is 44.5 Å². The van der Waals surface area contributed by atoms with Gasteiger partial charge in [-0.3, -0.25) is 9.88 Å². The molecule has 0 aromatic carbocycles. The van der Waals surface area contributed by atoms with Gasteiger partial charge in [-0.2, -0.15) is 5.10 Å². The average Bonchev–Trinajstić information content (AvgIpc) is 2.81. The maximum absolute atomic E-state index is 4.92. The quantitative estimate of drug-likeness (QED) is 0.868. The molecule has 0 aliphatic carbocycles. The molecule has 3 rings (SSSR count). The van der Waals surface area contributed by atoms with Crippen LogP contribution < -0.4 is 0 Å². The predicted molar refractivity (Wildman–Crippen MR) is 91.5 cm³/mol. The van der Waals surface area contributed by atoms with E-state index in [9.17, 15) is 0 Å². The van der Waals surface area contributed by atoms with Crippen LogP contribution in [0.4, 0.5) is 0 Å². The highest BCUT2D eigenvalue weighted by Gasteiger charge is 2.26. The van der Waals surface area contributed by atoms with E-state index in [2.05, 4.69) is 36.8 Å². The van der Waals surface area contributed by atoms with Gasteiger partial charge in [-0.1, -0.05) is 26.7 Å². The maximum Gasteiger partial charge on any atom is 0.151 e. The highest BCUT2D eigenvalue weighted by molar-refractivity contribution is 5.28. The highest BCUT2D eigenvalue weighted by Crippen LogP contribution is 2.29. The van der Waals surface area contributed by atoms with E-state index in [1.807, 2.05) is 16.9 Å². The summed E-state index contributed by atoms with van der Waals surface area (Å²) >= 11 is 0. The molecular formula is C18H27N5. The number of nitrogens with zero attached hydrogens (tertiary/aromatic N) is 5. The molecule has 2 aromatic heterocycles. The molecule has 1 aliphatic rings. The third kappa shape index (κ3) is 3.78. The van der Waals surface area contributed by atoms with Gasteiger partial charge in [0.05, 0.1) is 17.9 Å². The number of hydrogen-bond donors (Lipinski definition) is 0. The predicted octanol–water partition coefficient (Wildman–Crippen LogP) is 3.41. The first-order valence-corrected chi connectivity index (χ1v) is 8.71. The second-order valence-electron chi connectivity index (χ2n) is 6.95. The van der Waals surface area contributed by atoms with Crippen molar-refractivity contribution in [3.63, 3.8) is 0 Å². The minimum atomic E-state index is 0.339. The number of rotatable bonds is 4. The molecule has 0 bridgehead atoms. The van der Waals surface area contributed by atoms with Gasteiger partial charge < -0.3 is 0 Å². The Hall–Kier alpha value is -1.75. The topological polar surface area (TPSA) is 46.8 Å². The molecule has 23 heavy (non-hydrogen) atoms. The van der Waals surface area contributed by atoms with Crippen LogP contribution in [0.15, 0.2) is 24.5 Å². The smallest absolute Gasteiger partial charge is 0.151 e. The number of aromatic nitrogens is 4. The molecule has 5 heteroatoms. The Kier molecular flexibility index (Phi) is 5.06. The lowest BCUT2D eigenvalue weighted by molar-refractivity contribution is 0.237. The van der Waals surface area contributed by atoms with Crippen molar-refractivity contribution in [1.82, 2.24) is 24.6 Å². The second kappa shape index (κ2) is 7.21. The fourth-order valence-corrected chi connectivity index (χ4v) is 3.28. The molecule has 0 amide bonds. The standard InChI is InChI=1S/C18H27N5/c1-14(2)12-17-20-18(16-9-5-4-6-11-22(16)3)23(21-17)15-8-7-10-19-13-15/h7-8,10,13-14,16H,4-6,9,11-12H2,1-3H3. The van der Waals surface area contributed by atoms with E-state index in [-0.39, 0.29) is 0 Å². The molecule has 1 atom stereocenters. The van der Waals surface area contributed by atoms with Crippen LogP contribution in [-0.2, 0) is 6.42 Å². The molecule has 1 unspecified atom stereocenters. The summed E-state index contributed by atoms with van der Waals surface area (Å²) in [4.78, 5) is 11.6. The van der Waals surface area contributed by atoms with Gasteiger partial charge in [0.25, 0.3) is 0 Å². The summed E-state index contributed by atoms with van der Waals surface area (Å²) < 4.78 is 2.01. The minimum Gasteiger partial charge on any atom is -0.296 e. The van der Waals surface area contributed by atoms with Crippen LogP contribution in [0, 0.1) is 5.92 Å². The van der Waals surface area contributed by atoms with Crippen molar-refractivity contribution in [1.29, 1.82) is 0 Å². The van der Waals surface area contributed by atoms with Crippen molar-refractivity contribution in [2.75, 3.05) is 13.6 Å². The second-order valence-corrected chi connectivity index (χ2v) is 6.95. The third-order valence-electron chi connectivity index (χ3n) is 4.48. The number of pyridine rings is 1. The first kappa shape index (κ1) is 16.1. The van der Waals surface area contributed by atoms with Crippen molar-refractivity contribution >= 4 is 0 Å². The number of likely N-dealkylation sites (tertiary alicyclic amines) is 1. The van der Waals surface area contributed by atoms with E-state index < -0.39 is 0 Å². The maximum atomic E-state index is 4.92. The van der Waals surface area contributed by atoms with Crippen molar-refractivity contribution in [3.05, 3.63) is 36.2 Å². The lowest BCUT2D eigenvalue weighted by Crippen LogP contribution is -2.26. The summed E-state index contributed by atoms with van der Waals surface area (Å²) in [6.45, 7) is 5.55. The Morgan fingerprint density at radius 1 is 1.26 bits per heavy atom. The molecule has 0 radical (unpaired) electrons. The van der Waals surface area contributed by atoms with Crippen LogP contribution in [0.5, 0.6) is 0 Å². The summed E-state index contributed by atoms with van der Waals surface area (Å²) in [5, 5.41) is 4.80. The van der Waals surface area contributed by atoms with Crippen molar-refractivity contribution in [2.45, 2.75) is 52.0 Å². The van der Waals surface area contributed by atoms with Gasteiger partial charge in [-0.15, -0.1) is 0 Å². The monoisotopic (exact) mass is 313 g/mol. The van der Waals surface area contributed by atoms with Crippen LogP contribution in [0.2, 0.25) is 0 Å². The molecule has 2 aromatic rings. The zero-order valence-electron chi connectivity index (χ0n) is 14.4. The first-order chi connectivity index (χ1) is 11.1. The van der Waals surface area contributed by atoms with E-state index >= 15 is 0 Å². The Morgan fingerprint density at radius 2 is 2.13 bits per heavy atom. The van der Waals surface area contributed by atoms with Gasteiger partial charge in [0.2, 0.25) is 0 Å². The minimum absolute atomic E-state index is 0.339. The summed E-state index contributed by atoms with van der Waals surface area (Å²) in [7, 11) is 2.21. The van der Waals surface area contributed by atoms with Crippen molar-refractivity contribution in [2.24, 2.45) is 5.92 Å². The van der Waals surface area contributed by atoms with E-state index in [1.165, 1.54) is 19.3 Å². The normalized spacial score (nSPS) is 19.9. The van der Waals surface area contributed by atoms with Crippen LogP contribution in [0.1, 0.15) is 57.2 Å². The lowest BCUT2D eigenvalue weighted by Gasteiger charge is -2.25. The molecule has 1 aliphatic heterocycles. The fourth-order valence-electron chi connectivity index (χ4n) is 3.28. The Morgan fingerprint density at radius 3 is 2.87 bits per heavy atom. The van der Waals surface area contributed by atoms with Crippen LogP contribution in [0.25, 0.3) is 5.69 Å². The summed E-state index contributed by atoms with van der Waals surface area (Å²) in [5.41, 5.74) is 1.00. The SMILES string of the molecule is CC(C)Cc1nc(C2CCCCCN2C)n(-c2cccnc2)n1.